The minimum atomic E-state index is -0.487. The number of aromatic nitrogens is 3. The van der Waals surface area contributed by atoms with Crippen LogP contribution in [-0.4, -0.2) is 19.9 Å². The molecule has 2 aromatic carbocycles. The van der Waals surface area contributed by atoms with Gasteiger partial charge in [0.05, 0.1) is 10.6 Å². The van der Waals surface area contributed by atoms with E-state index >= 15 is 0 Å². The average Bonchev–Trinajstić information content (AvgIpc) is 3.00. The Morgan fingerprint density at radius 2 is 1.83 bits per heavy atom. The Morgan fingerprint density at radius 1 is 1.13 bits per heavy atom. The second kappa shape index (κ2) is 5.96. The summed E-state index contributed by atoms with van der Waals surface area (Å²) in [6, 6.07) is 14.9. The van der Waals surface area contributed by atoms with Crippen molar-refractivity contribution in [2.24, 2.45) is 5.11 Å². The van der Waals surface area contributed by atoms with Crippen molar-refractivity contribution in [1.29, 1.82) is 0 Å². The van der Waals surface area contributed by atoms with Crippen molar-refractivity contribution in [3.05, 3.63) is 75.2 Å². The predicted molar refractivity (Wildman–Crippen MR) is 82.3 cm³/mol. The molecule has 1 heterocycles. The molecule has 0 bridgehead atoms. The van der Waals surface area contributed by atoms with Gasteiger partial charge in [0.15, 0.2) is 5.82 Å². The van der Waals surface area contributed by atoms with Crippen LogP contribution in [0, 0.1) is 10.1 Å². The lowest BCUT2D eigenvalue weighted by molar-refractivity contribution is -0.384. The molecule has 0 aliphatic heterocycles. The predicted octanol–water partition coefficient (Wildman–Crippen LogP) is 3.78. The van der Waals surface area contributed by atoms with Gasteiger partial charge in [-0.05, 0) is 34.9 Å². The van der Waals surface area contributed by atoms with Crippen LogP contribution in [0.15, 0.2) is 59.7 Å². The fourth-order valence-electron chi connectivity index (χ4n) is 2.08. The van der Waals surface area contributed by atoms with Gasteiger partial charge in [0.1, 0.15) is 5.69 Å². The SMILES string of the molecule is [N-]=[N+]=Nc1c(-c2ccc([N+](=O)[O-])cc2)nnn1-c1ccccc1. The summed E-state index contributed by atoms with van der Waals surface area (Å²) in [6.45, 7) is 0. The Kier molecular flexibility index (Phi) is 3.69. The maximum atomic E-state index is 10.7. The first-order valence-corrected chi connectivity index (χ1v) is 6.52. The van der Waals surface area contributed by atoms with Crippen molar-refractivity contribution in [3.8, 4) is 16.9 Å². The topological polar surface area (TPSA) is 123 Å². The highest BCUT2D eigenvalue weighted by molar-refractivity contribution is 5.71. The van der Waals surface area contributed by atoms with Gasteiger partial charge in [-0.3, -0.25) is 10.1 Å². The van der Waals surface area contributed by atoms with Crippen LogP contribution in [0.4, 0.5) is 11.5 Å². The molecule has 0 radical (unpaired) electrons. The number of azide groups is 1. The zero-order valence-corrected chi connectivity index (χ0v) is 11.6. The number of benzene rings is 2. The highest BCUT2D eigenvalue weighted by Gasteiger charge is 2.15. The molecule has 23 heavy (non-hydrogen) atoms. The Hall–Kier alpha value is -3.71. The molecule has 112 valence electrons. The first-order chi connectivity index (χ1) is 11.2. The molecule has 9 heteroatoms. The van der Waals surface area contributed by atoms with Gasteiger partial charge in [-0.25, -0.2) is 4.68 Å². The Morgan fingerprint density at radius 3 is 2.43 bits per heavy atom. The van der Waals surface area contributed by atoms with Crippen LogP contribution in [0.25, 0.3) is 27.4 Å². The fraction of sp³-hybridized carbons (Fsp3) is 0. The van der Waals surface area contributed by atoms with Gasteiger partial charge >= 0.3 is 0 Å². The molecule has 0 atom stereocenters. The standard InChI is InChI=1S/C14H9N7O2/c15-18-17-14-13(10-6-8-12(9-7-10)21(22)23)16-19-20(14)11-4-2-1-3-5-11/h1-9H. The van der Waals surface area contributed by atoms with Crippen LogP contribution in [-0.2, 0) is 0 Å². The van der Waals surface area contributed by atoms with Gasteiger partial charge in [0.25, 0.3) is 5.69 Å². The third-order valence-electron chi connectivity index (χ3n) is 3.14. The number of para-hydroxylation sites is 1. The van der Waals surface area contributed by atoms with E-state index in [9.17, 15) is 10.1 Å². The summed E-state index contributed by atoms with van der Waals surface area (Å²) in [5, 5.41) is 22.4. The summed E-state index contributed by atoms with van der Waals surface area (Å²) >= 11 is 0. The molecule has 0 spiro atoms. The lowest BCUT2D eigenvalue weighted by Gasteiger charge is -2.03. The Balaban J connectivity index is 2.11. The molecule has 3 rings (SSSR count). The minimum Gasteiger partial charge on any atom is -0.258 e. The van der Waals surface area contributed by atoms with Crippen LogP contribution in [0.1, 0.15) is 0 Å². The van der Waals surface area contributed by atoms with Crippen molar-refractivity contribution < 1.29 is 4.92 Å². The monoisotopic (exact) mass is 307 g/mol. The van der Waals surface area contributed by atoms with Gasteiger partial charge in [-0.2, -0.15) is 0 Å². The molecule has 0 amide bonds. The van der Waals surface area contributed by atoms with Crippen LogP contribution >= 0.6 is 0 Å². The molecule has 0 saturated heterocycles. The van der Waals surface area contributed by atoms with Crippen LogP contribution < -0.4 is 0 Å². The van der Waals surface area contributed by atoms with E-state index in [1.165, 1.54) is 28.9 Å². The summed E-state index contributed by atoms with van der Waals surface area (Å²) in [5.74, 6) is 0.215. The molecular formula is C14H9N7O2. The molecule has 9 nitrogen and oxygen atoms in total. The normalized spacial score (nSPS) is 10.1. The van der Waals surface area contributed by atoms with Crippen molar-refractivity contribution in [2.45, 2.75) is 0 Å². The van der Waals surface area contributed by atoms with E-state index in [1.54, 1.807) is 12.1 Å². The number of rotatable bonds is 4. The van der Waals surface area contributed by atoms with Gasteiger partial charge in [0.2, 0.25) is 0 Å². The zero-order valence-electron chi connectivity index (χ0n) is 11.6. The summed E-state index contributed by atoms with van der Waals surface area (Å²) in [5.41, 5.74) is 10.4. The molecule has 0 N–H and O–H groups in total. The van der Waals surface area contributed by atoms with Crippen molar-refractivity contribution in [1.82, 2.24) is 15.0 Å². The van der Waals surface area contributed by atoms with E-state index in [2.05, 4.69) is 20.3 Å². The summed E-state index contributed by atoms with van der Waals surface area (Å²) in [7, 11) is 0. The largest absolute Gasteiger partial charge is 0.269 e. The third kappa shape index (κ3) is 2.71. The second-order valence-corrected chi connectivity index (χ2v) is 4.50. The number of non-ortho nitro benzene ring substituents is 1. The Bertz CT molecular complexity index is 897. The maximum Gasteiger partial charge on any atom is 0.269 e. The fourth-order valence-corrected chi connectivity index (χ4v) is 2.08. The molecule has 0 aliphatic rings. The second-order valence-electron chi connectivity index (χ2n) is 4.50. The quantitative estimate of drug-likeness (QED) is 0.239. The van der Waals surface area contributed by atoms with Gasteiger partial charge in [-0.1, -0.05) is 23.4 Å². The first kappa shape index (κ1) is 14.2. The highest BCUT2D eigenvalue weighted by Crippen LogP contribution is 2.31. The van der Waals surface area contributed by atoms with Crippen LogP contribution in [0.5, 0.6) is 0 Å². The molecule has 1 aromatic heterocycles. The third-order valence-corrected chi connectivity index (χ3v) is 3.14. The van der Waals surface area contributed by atoms with Gasteiger partial charge in [0, 0.05) is 22.6 Å². The van der Waals surface area contributed by atoms with Gasteiger partial charge in [-0.15, -0.1) is 5.10 Å². The van der Waals surface area contributed by atoms with E-state index in [1.807, 2.05) is 18.2 Å². The maximum absolute atomic E-state index is 10.7. The first-order valence-electron chi connectivity index (χ1n) is 6.52. The molecule has 0 fully saturated rings. The smallest absolute Gasteiger partial charge is 0.258 e. The summed E-state index contributed by atoms with van der Waals surface area (Å²) in [6.07, 6.45) is 0. The number of hydrogen-bond acceptors (Lipinski definition) is 5. The molecule has 0 saturated carbocycles. The Labute approximate surface area is 129 Å². The van der Waals surface area contributed by atoms with E-state index < -0.39 is 4.92 Å². The number of nitrogens with zero attached hydrogens (tertiary/aromatic N) is 7. The lowest BCUT2D eigenvalue weighted by atomic mass is 10.1. The molecule has 3 aromatic rings. The molecular weight excluding hydrogens is 298 g/mol. The van der Waals surface area contributed by atoms with Crippen LogP contribution in [0.2, 0.25) is 0 Å². The van der Waals surface area contributed by atoms with E-state index in [4.69, 9.17) is 5.53 Å². The average molecular weight is 307 g/mol. The number of nitro groups is 1. The van der Waals surface area contributed by atoms with Crippen molar-refractivity contribution >= 4 is 11.5 Å². The van der Waals surface area contributed by atoms with Crippen LogP contribution in [0.3, 0.4) is 0 Å². The zero-order chi connectivity index (χ0) is 16.2. The number of hydrogen-bond donors (Lipinski definition) is 0. The highest BCUT2D eigenvalue weighted by atomic mass is 16.6. The van der Waals surface area contributed by atoms with E-state index in [0.29, 0.717) is 16.9 Å². The number of nitro benzene ring substituents is 1. The minimum absolute atomic E-state index is 0.0328. The van der Waals surface area contributed by atoms with Crippen molar-refractivity contribution in [3.63, 3.8) is 0 Å². The summed E-state index contributed by atoms with van der Waals surface area (Å²) < 4.78 is 1.41. The van der Waals surface area contributed by atoms with Gasteiger partial charge < -0.3 is 0 Å². The van der Waals surface area contributed by atoms with E-state index in [0.717, 1.165) is 0 Å². The van der Waals surface area contributed by atoms with Crippen molar-refractivity contribution in [2.75, 3.05) is 0 Å². The summed E-state index contributed by atoms with van der Waals surface area (Å²) in [4.78, 5) is 13.0. The van der Waals surface area contributed by atoms with E-state index in [-0.39, 0.29) is 11.5 Å². The lowest BCUT2D eigenvalue weighted by Crippen LogP contribution is -1.95. The molecule has 0 unspecified atom stereocenters. The molecule has 0 aliphatic carbocycles.